The lowest BCUT2D eigenvalue weighted by atomic mass is 10.0. The zero-order valence-corrected chi connectivity index (χ0v) is 19.8. The molecule has 2 atom stereocenters. The Kier molecular flexibility index (Phi) is 5.32. The number of rotatable bonds is 3. The van der Waals surface area contributed by atoms with Crippen LogP contribution in [0.1, 0.15) is 29.9 Å². The van der Waals surface area contributed by atoms with Crippen molar-refractivity contribution in [2.24, 2.45) is 0 Å². The van der Waals surface area contributed by atoms with Gasteiger partial charge in [-0.05, 0) is 43.7 Å². The number of aromatic nitrogens is 3. The highest BCUT2D eigenvalue weighted by Crippen LogP contribution is 2.42. The van der Waals surface area contributed by atoms with E-state index in [4.69, 9.17) is 14.5 Å². The van der Waals surface area contributed by atoms with Crippen LogP contribution in [0.2, 0.25) is 0 Å². The van der Waals surface area contributed by atoms with E-state index in [0.717, 1.165) is 11.1 Å². The van der Waals surface area contributed by atoms with Crippen molar-refractivity contribution in [1.29, 1.82) is 0 Å². The lowest BCUT2D eigenvalue weighted by Crippen LogP contribution is -2.38. The second-order valence-corrected chi connectivity index (χ2v) is 8.85. The predicted molar refractivity (Wildman–Crippen MR) is 134 cm³/mol. The van der Waals surface area contributed by atoms with Crippen LogP contribution in [-0.2, 0) is 0 Å². The number of carbonyl (C=O) groups excluding carboxylic acids is 1. The Labute approximate surface area is 206 Å². The fraction of sp³-hybridized carbons (Fsp3) is 0.222. The van der Waals surface area contributed by atoms with Gasteiger partial charge < -0.3 is 24.7 Å². The van der Waals surface area contributed by atoms with E-state index in [2.05, 4.69) is 21.7 Å². The number of ether oxygens (including phenoxy) is 2. The third-order valence-corrected chi connectivity index (χ3v) is 6.54. The fourth-order valence-electron chi connectivity index (χ4n) is 4.86. The second-order valence-electron chi connectivity index (χ2n) is 8.85. The molecular weight excluding hydrogens is 461 g/mol. The fourth-order valence-corrected chi connectivity index (χ4v) is 4.86. The highest BCUT2D eigenvalue weighted by Gasteiger charge is 2.32. The number of carbonyl (C=O) groups is 1. The van der Waals surface area contributed by atoms with E-state index in [9.17, 15) is 9.18 Å². The van der Waals surface area contributed by atoms with Crippen LogP contribution in [0.5, 0.6) is 11.6 Å². The Morgan fingerprint density at radius 1 is 1.22 bits per heavy atom. The van der Waals surface area contributed by atoms with Crippen LogP contribution >= 0.6 is 0 Å². The topological polar surface area (TPSA) is 90.3 Å². The standard InChI is InChI=1S/C27H24FN5O3/c1-15-5-3-6-16-13-30-27(34)25-24(31-21-8-4-7-19(28)26(21)35-2)18(14-33(16)25)17-11-12-29-20-9-10-22(36-15)32-23(17)20/h3-5,7-12,14-16,31H,6,13H2,1-2H3,(H,30,34)/b5-3-/t15-,16+/m0/s1. The number of benzene rings is 1. The maximum Gasteiger partial charge on any atom is 0.270 e. The Hall–Kier alpha value is -4.40. The van der Waals surface area contributed by atoms with Gasteiger partial charge in [0.25, 0.3) is 5.91 Å². The number of anilines is 2. The van der Waals surface area contributed by atoms with Crippen LogP contribution in [-0.4, -0.2) is 40.2 Å². The molecule has 0 spiro atoms. The van der Waals surface area contributed by atoms with Gasteiger partial charge in [-0.15, -0.1) is 0 Å². The smallest absolute Gasteiger partial charge is 0.270 e. The molecule has 0 saturated carbocycles. The van der Waals surface area contributed by atoms with Gasteiger partial charge in [-0.3, -0.25) is 9.78 Å². The van der Waals surface area contributed by atoms with E-state index in [1.165, 1.54) is 13.2 Å². The molecule has 6 rings (SSSR count). The summed E-state index contributed by atoms with van der Waals surface area (Å²) in [4.78, 5) is 22.5. The number of amides is 1. The minimum Gasteiger partial charge on any atom is -0.492 e. The summed E-state index contributed by atoms with van der Waals surface area (Å²) in [6.07, 6.45) is 8.24. The van der Waals surface area contributed by atoms with Crippen molar-refractivity contribution in [2.75, 3.05) is 19.0 Å². The number of hydrogen-bond donors (Lipinski definition) is 2. The van der Waals surface area contributed by atoms with E-state index in [-0.39, 0.29) is 23.8 Å². The van der Waals surface area contributed by atoms with E-state index in [1.54, 1.807) is 24.4 Å². The molecule has 2 N–H and O–H groups in total. The van der Waals surface area contributed by atoms with E-state index in [1.807, 2.05) is 35.9 Å². The zero-order chi connectivity index (χ0) is 24.8. The largest absolute Gasteiger partial charge is 0.492 e. The van der Waals surface area contributed by atoms with Gasteiger partial charge >= 0.3 is 0 Å². The molecule has 3 aromatic heterocycles. The summed E-state index contributed by atoms with van der Waals surface area (Å²) in [7, 11) is 1.41. The van der Waals surface area contributed by atoms with Crippen molar-refractivity contribution >= 4 is 28.3 Å². The van der Waals surface area contributed by atoms with Gasteiger partial charge in [-0.2, -0.15) is 0 Å². The van der Waals surface area contributed by atoms with Crippen molar-refractivity contribution < 1.29 is 18.7 Å². The summed E-state index contributed by atoms with van der Waals surface area (Å²) < 4.78 is 27.9. The molecule has 0 saturated heterocycles. The first-order chi connectivity index (χ1) is 17.5. The van der Waals surface area contributed by atoms with Gasteiger partial charge in [0.2, 0.25) is 5.88 Å². The first-order valence-corrected chi connectivity index (χ1v) is 11.8. The molecule has 0 aliphatic carbocycles. The number of allylic oxidation sites excluding steroid dienone is 1. The molecule has 5 heterocycles. The third kappa shape index (κ3) is 3.64. The lowest BCUT2D eigenvalue weighted by Gasteiger charge is -2.26. The molecule has 2 aliphatic heterocycles. The summed E-state index contributed by atoms with van der Waals surface area (Å²) in [5.74, 6) is -0.166. The number of nitrogens with one attached hydrogen (secondary N) is 2. The average Bonchev–Trinajstić information content (AvgIpc) is 3.25. The minimum absolute atomic E-state index is 0.0148. The van der Waals surface area contributed by atoms with Gasteiger partial charge in [0.05, 0.1) is 30.0 Å². The summed E-state index contributed by atoms with van der Waals surface area (Å²) >= 11 is 0. The Balaban J connectivity index is 1.64. The average molecular weight is 486 g/mol. The van der Waals surface area contributed by atoms with Crippen molar-refractivity contribution in [3.8, 4) is 22.8 Å². The molecule has 0 fully saturated rings. The first kappa shape index (κ1) is 22.1. The molecule has 9 heteroatoms. The zero-order valence-electron chi connectivity index (χ0n) is 19.8. The van der Waals surface area contributed by atoms with E-state index >= 15 is 0 Å². The number of halogens is 1. The molecule has 0 unspecified atom stereocenters. The normalized spacial score (nSPS) is 19.5. The molecule has 1 aromatic carbocycles. The predicted octanol–water partition coefficient (Wildman–Crippen LogP) is 5.00. The minimum atomic E-state index is -0.501. The first-order valence-electron chi connectivity index (χ1n) is 11.8. The van der Waals surface area contributed by atoms with E-state index in [0.29, 0.717) is 46.9 Å². The molecule has 1 amide bonds. The van der Waals surface area contributed by atoms with Crippen molar-refractivity contribution in [2.45, 2.75) is 25.5 Å². The second kappa shape index (κ2) is 8.67. The highest BCUT2D eigenvalue weighted by atomic mass is 19.1. The summed E-state index contributed by atoms with van der Waals surface area (Å²) in [5, 5.41) is 6.31. The van der Waals surface area contributed by atoms with Crippen molar-refractivity contribution in [3.05, 3.63) is 72.5 Å². The van der Waals surface area contributed by atoms with Crippen LogP contribution in [0.15, 0.2) is 60.9 Å². The molecule has 182 valence electrons. The number of hydrogen-bond acceptors (Lipinski definition) is 6. The summed E-state index contributed by atoms with van der Waals surface area (Å²) in [5.41, 5.74) is 4.26. The van der Waals surface area contributed by atoms with Crippen LogP contribution in [0.25, 0.3) is 22.2 Å². The number of pyridine rings is 2. The summed E-state index contributed by atoms with van der Waals surface area (Å²) in [6.45, 7) is 2.45. The van der Waals surface area contributed by atoms with Crippen LogP contribution < -0.4 is 20.1 Å². The number of nitrogens with zero attached hydrogens (tertiary/aromatic N) is 3. The maximum atomic E-state index is 14.5. The molecule has 8 nitrogen and oxygen atoms in total. The van der Waals surface area contributed by atoms with Crippen LogP contribution in [0.3, 0.4) is 0 Å². The number of methoxy groups -OCH3 is 1. The SMILES string of the molecule is COc1c(F)cccc1Nc1c2cn3c1C(=O)NC[C@H]3C/C=C\[C@H](C)Oc1ccc3nccc-2c3n1. The monoisotopic (exact) mass is 485 g/mol. The molecule has 0 radical (unpaired) electrons. The molecule has 4 bridgehead atoms. The van der Waals surface area contributed by atoms with Gasteiger partial charge in [0.15, 0.2) is 11.6 Å². The molecule has 2 aliphatic rings. The Morgan fingerprint density at radius 3 is 2.97 bits per heavy atom. The van der Waals surface area contributed by atoms with E-state index < -0.39 is 5.82 Å². The lowest BCUT2D eigenvalue weighted by molar-refractivity contribution is 0.0916. The number of fused-ring (bicyclic) bond motifs is 3. The van der Waals surface area contributed by atoms with Gasteiger partial charge in [-0.1, -0.05) is 12.1 Å². The van der Waals surface area contributed by atoms with Crippen LogP contribution in [0, 0.1) is 5.82 Å². The Bertz CT molecular complexity index is 1530. The van der Waals surface area contributed by atoms with Gasteiger partial charge in [0, 0.05) is 36.1 Å². The Morgan fingerprint density at radius 2 is 2.11 bits per heavy atom. The van der Waals surface area contributed by atoms with Gasteiger partial charge in [0.1, 0.15) is 17.3 Å². The summed E-state index contributed by atoms with van der Waals surface area (Å²) in [6, 6.07) is 10.2. The maximum absolute atomic E-state index is 14.5. The van der Waals surface area contributed by atoms with Crippen molar-refractivity contribution in [3.63, 3.8) is 0 Å². The quantitative estimate of drug-likeness (QED) is 0.397. The van der Waals surface area contributed by atoms with Crippen LogP contribution in [0.4, 0.5) is 15.8 Å². The third-order valence-electron chi connectivity index (χ3n) is 6.54. The molecule has 36 heavy (non-hydrogen) atoms. The molecule has 4 aromatic rings. The highest BCUT2D eigenvalue weighted by molar-refractivity contribution is 6.06. The molecular formula is C27H24FN5O3. The number of para-hydroxylation sites is 1. The van der Waals surface area contributed by atoms with Gasteiger partial charge in [-0.25, -0.2) is 9.37 Å². The van der Waals surface area contributed by atoms with Crippen molar-refractivity contribution in [1.82, 2.24) is 19.9 Å².